The molecule has 1 aromatic heterocycles. The predicted octanol–water partition coefficient (Wildman–Crippen LogP) is 6.13. The van der Waals surface area contributed by atoms with Gasteiger partial charge in [0.2, 0.25) is 0 Å². The zero-order valence-electron chi connectivity index (χ0n) is 17.5. The van der Waals surface area contributed by atoms with Crippen LogP contribution < -0.4 is 0 Å². The van der Waals surface area contributed by atoms with Gasteiger partial charge in [-0.05, 0) is 95.4 Å². The molecule has 3 aromatic carbocycles. The lowest BCUT2D eigenvalue weighted by molar-refractivity contribution is 0.214. The van der Waals surface area contributed by atoms with Crippen molar-refractivity contribution in [1.29, 1.82) is 0 Å². The monoisotopic (exact) mass is 428 g/mol. The van der Waals surface area contributed by atoms with E-state index >= 15 is 0 Å². The first kappa shape index (κ1) is 19.0. The first-order chi connectivity index (χ1) is 15.1. The van der Waals surface area contributed by atoms with Gasteiger partial charge in [0.1, 0.15) is 5.75 Å². The van der Waals surface area contributed by atoms with Gasteiger partial charge >= 0.3 is 0 Å². The Morgan fingerprint density at radius 2 is 1.94 bits per heavy atom. The van der Waals surface area contributed by atoms with Gasteiger partial charge in [-0.25, -0.2) is 0 Å². The molecule has 4 aromatic rings. The molecular weight excluding hydrogens is 404 g/mol. The second kappa shape index (κ2) is 7.15. The number of aromatic hydroxyl groups is 1. The molecule has 31 heavy (non-hydrogen) atoms. The maximum Gasteiger partial charge on any atom is 0.134 e. The van der Waals surface area contributed by atoms with Crippen molar-refractivity contribution in [3.8, 4) is 16.9 Å². The van der Waals surface area contributed by atoms with E-state index in [0.29, 0.717) is 11.1 Å². The number of aromatic amines is 1. The number of nitrogens with zero attached hydrogens (tertiary/aromatic N) is 1. The van der Waals surface area contributed by atoms with Crippen molar-refractivity contribution in [2.75, 3.05) is 13.6 Å². The summed E-state index contributed by atoms with van der Waals surface area (Å²) < 4.78 is 0. The van der Waals surface area contributed by atoms with Crippen LogP contribution in [0.5, 0.6) is 5.75 Å². The van der Waals surface area contributed by atoms with Crippen LogP contribution in [0.15, 0.2) is 60.8 Å². The highest BCUT2D eigenvalue weighted by Crippen LogP contribution is 2.46. The highest BCUT2D eigenvalue weighted by atomic mass is 35.5. The molecule has 3 nitrogen and oxygen atoms in total. The summed E-state index contributed by atoms with van der Waals surface area (Å²) in [7, 11) is 2.24. The molecule has 0 spiro atoms. The standard InChI is InChI=1S/C27H25ClN2O/c1-30-12-10-17-14-23(28)26(31)15-22(17)27-21-4-2-3-19(20(21)6-8-25(27)30)16-5-7-24-18(13-16)9-11-29-24/h2-5,7,9,11,13-15,25,27,29,31H,6,8,10,12H2,1H3/t25-,27+/m0/s1. The topological polar surface area (TPSA) is 39.3 Å². The molecule has 1 aliphatic heterocycles. The van der Waals surface area contributed by atoms with Crippen molar-refractivity contribution in [3.63, 3.8) is 0 Å². The number of hydrogen-bond donors (Lipinski definition) is 2. The van der Waals surface area contributed by atoms with Crippen LogP contribution in [0, 0.1) is 0 Å². The van der Waals surface area contributed by atoms with Gasteiger partial charge in [-0.15, -0.1) is 0 Å². The SMILES string of the molecule is CN1CCc2cc(Cl)c(O)cc2[C@H]2c3cccc(-c4ccc5[nH]ccc5c4)c3CC[C@@H]21. The number of hydrogen-bond acceptors (Lipinski definition) is 2. The van der Waals surface area contributed by atoms with Crippen molar-refractivity contribution in [3.05, 3.63) is 88.1 Å². The molecule has 0 saturated heterocycles. The van der Waals surface area contributed by atoms with Gasteiger partial charge in [0, 0.05) is 30.2 Å². The van der Waals surface area contributed by atoms with Crippen LogP contribution in [0.2, 0.25) is 5.02 Å². The average Bonchev–Trinajstić information content (AvgIpc) is 3.21. The van der Waals surface area contributed by atoms with Crippen LogP contribution in [0.25, 0.3) is 22.0 Å². The van der Waals surface area contributed by atoms with E-state index in [4.69, 9.17) is 11.6 Å². The fraction of sp³-hybridized carbons (Fsp3) is 0.259. The maximum atomic E-state index is 10.4. The molecule has 156 valence electrons. The van der Waals surface area contributed by atoms with Gasteiger partial charge in [0.15, 0.2) is 0 Å². The molecule has 2 aliphatic rings. The van der Waals surface area contributed by atoms with Crippen molar-refractivity contribution >= 4 is 22.5 Å². The van der Waals surface area contributed by atoms with Crippen molar-refractivity contribution < 1.29 is 5.11 Å². The Bertz CT molecular complexity index is 1310. The summed E-state index contributed by atoms with van der Waals surface area (Å²) in [5, 5.41) is 12.1. The average molecular weight is 429 g/mol. The number of phenols is 1. The zero-order valence-corrected chi connectivity index (χ0v) is 18.3. The molecule has 0 amide bonds. The second-order valence-corrected chi connectivity index (χ2v) is 9.38. The van der Waals surface area contributed by atoms with Gasteiger partial charge in [-0.3, -0.25) is 0 Å². The lowest BCUT2D eigenvalue weighted by Gasteiger charge is -2.39. The van der Waals surface area contributed by atoms with Crippen LogP contribution in [0.3, 0.4) is 0 Å². The van der Waals surface area contributed by atoms with Crippen LogP contribution in [-0.2, 0) is 12.8 Å². The quantitative estimate of drug-likeness (QED) is 0.383. The summed E-state index contributed by atoms with van der Waals surface area (Å²) in [6.45, 7) is 1.01. The smallest absolute Gasteiger partial charge is 0.134 e. The Labute approximate surface area is 187 Å². The summed E-state index contributed by atoms with van der Waals surface area (Å²) in [4.78, 5) is 5.79. The number of rotatable bonds is 1. The van der Waals surface area contributed by atoms with E-state index in [1.807, 2.05) is 18.3 Å². The number of phenolic OH excluding ortho intramolecular Hbond substituents is 1. The number of nitrogens with one attached hydrogen (secondary N) is 1. The normalized spacial score (nSPS) is 20.7. The van der Waals surface area contributed by atoms with Gasteiger partial charge < -0.3 is 15.0 Å². The first-order valence-corrected chi connectivity index (χ1v) is 11.4. The van der Waals surface area contributed by atoms with Gasteiger partial charge in [0.25, 0.3) is 0 Å². The molecule has 0 radical (unpaired) electrons. The number of fused-ring (bicyclic) bond motifs is 6. The molecule has 2 atom stereocenters. The zero-order chi connectivity index (χ0) is 21.1. The van der Waals surface area contributed by atoms with E-state index in [1.54, 1.807) is 0 Å². The Kier molecular flexibility index (Phi) is 4.38. The van der Waals surface area contributed by atoms with E-state index < -0.39 is 0 Å². The minimum absolute atomic E-state index is 0.185. The summed E-state index contributed by atoms with van der Waals surface area (Å²) in [5.74, 6) is 0.426. The van der Waals surface area contributed by atoms with Crippen LogP contribution in [0.1, 0.15) is 34.6 Å². The molecular formula is C27H25ClN2O. The minimum Gasteiger partial charge on any atom is -0.506 e. The second-order valence-electron chi connectivity index (χ2n) is 8.97. The van der Waals surface area contributed by atoms with Gasteiger partial charge in [-0.1, -0.05) is 35.9 Å². The van der Waals surface area contributed by atoms with Crippen molar-refractivity contribution in [2.45, 2.75) is 31.2 Å². The summed E-state index contributed by atoms with van der Waals surface area (Å²) >= 11 is 6.29. The largest absolute Gasteiger partial charge is 0.506 e. The fourth-order valence-corrected chi connectivity index (χ4v) is 5.96. The summed E-state index contributed by atoms with van der Waals surface area (Å²) in [6, 6.07) is 19.9. The molecule has 2 N–H and O–H groups in total. The maximum absolute atomic E-state index is 10.4. The minimum atomic E-state index is 0.185. The molecule has 0 saturated carbocycles. The highest BCUT2D eigenvalue weighted by Gasteiger charge is 2.37. The van der Waals surface area contributed by atoms with Crippen LogP contribution in [-0.4, -0.2) is 34.6 Å². The lowest BCUT2D eigenvalue weighted by Crippen LogP contribution is -2.39. The third-order valence-corrected chi connectivity index (χ3v) is 7.63. The molecule has 0 unspecified atom stereocenters. The predicted molar refractivity (Wildman–Crippen MR) is 127 cm³/mol. The van der Waals surface area contributed by atoms with E-state index in [-0.39, 0.29) is 11.7 Å². The fourth-order valence-electron chi connectivity index (χ4n) is 5.77. The Morgan fingerprint density at radius 1 is 1.03 bits per heavy atom. The lowest BCUT2D eigenvalue weighted by atomic mass is 9.72. The summed E-state index contributed by atoms with van der Waals surface area (Å²) in [6.07, 6.45) is 5.13. The Balaban J connectivity index is 1.55. The number of benzene rings is 3. The van der Waals surface area contributed by atoms with Crippen LogP contribution in [0.4, 0.5) is 0 Å². The number of likely N-dealkylation sites (N-methyl/N-ethyl adjacent to an activating group) is 1. The molecule has 0 bridgehead atoms. The van der Waals surface area contributed by atoms with E-state index in [9.17, 15) is 5.11 Å². The summed E-state index contributed by atoms with van der Waals surface area (Å²) in [5.41, 5.74) is 9.08. The highest BCUT2D eigenvalue weighted by molar-refractivity contribution is 6.32. The Morgan fingerprint density at radius 3 is 2.84 bits per heavy atom. The third-order valence-electron chi connectivity index (χ3n) is 7.33. The Hall–Kier alpha value is -2.75. The molecule has 6 rings (SSSR count). The van der Waals surface area contributed by atoms with Gasteiger partial charge in [0.05, 0.1) is 5.02 Å². The number of halogens is 1. The van der Waals surface area contributed by atoms with Crippen LogP contribution >= 0.6 is 11.6 Å². The third kappa shape index (κ3) is 2.99. The van der Waals surface area contributed by atoms with E-state index in [0.717, 1.165) is 25.8 Å². The number of aromatic nitrogens is 1. The van der Waals surface area contributed by atoms with E-state index in [2.05, 4.69) is 59.4 Å². The number of H-pyrrole nitrogens is 1. The molecule has 1 aliphatic carbocycles. The molecule has 4 heteroatoms. The van der Waals surface area contributed by atoms with Crippen molar-refractivity contribution in [1.82, 2.24) is 9.88 Å². The molecule has 2 heterocycles. The molecule has 0 fully saturated rings. The van der Waals surface area contributed by atoms with Gasteiger partial charge in [-0.2, -0.15) is 0 Å². The van der Waals surface area contributed by atoms with Crippen molar-refractivity contribution in [2.24, 2.45) is 0 Å². The van der Waals surface area contributed by atoms with E-state index in [1.165, 1.54) is 44.3 Å². The first-order valence-electron chi connectivity index (χ1n) is 11.0.